The third-order valence-corrected chi connectivity index (χ3v) is 6.67. The number of carbonyl (C=O) groups is 2. The first-order valence-electron chi connectivity index (χ1n) is 12.8. The Bertz CT molecular complexity index is 1280. The van der Waals surface area contributed by atoms with Crippen LogP contribution in [-0.4, -0.2) is 88.3 Å². The van der Waals surface area contributed by atoms with Gasteiger partial charge in [-0.1, -0.05) is 0 Å². The number of nitrogens with zero attached hydrogens (tertiary/aromatic N) is 6. The molecule has 0 aliphatic carbocycles. The topological polar surface area (TPSA) is 144 Å². The fourth-order valence-electron chi connectivity index (χ4n) is 4.70. The number of halogens is 3. The summed E-state index contributed by atoms with van der Waals surface area (Å²) in [6.45, 7) is 6.17. The van der Waals surface area contributed by atoms with Crippen molar-refractivity contribution in [3.8, 4) is 5.88 Å². The molecule has 2 aromatic rings. The van der Waals surface area contributed by atoms with E-state index in [9.17, 15) is 22.8 Å². The van der Waals surface area contributed by atoms with Crippen molar-refractivity contribution in [2.75, 3.05) is 41.4 Å². The average Bonchev–Trinajstić information content (AvgIpc) is 3.25. The summed E-state index contributed by atoms with van der Waals surface area (Å²) < 4.78 is 55.8. The highest BCUT2D eigenvalue weighted by atomic mass is 19.4. The van der Waals surface area contributed by atoms with Crippen LogP contribution >= 0.6 is 0 Å². The Hall–Kier alpha value is -3.79. The van der Waals surface area contributed by atoms with E-state index in [1.165, 1.54) is 23.4 Å². The summed E-state index contributed by atoms with van der Waals surface area (Å²) in [7, 11) is 0. The molecule has 1 unspecified atom stereocenters. The highest BCUT2D eigenvalue weighted by Gasteiger charge is 2.41. The Labute approximate surface area is 227 Å². The largest absolute Gasteiger partial charge is 0.475 e. The fourth-order valence-corrected chi connectivity index (χ4v) is 4.70. The summed E-state index contributed by atoms with van der Waals surface area (Å²) >= 11 is 0. The van der Waals surface area contributed by atoms with Crippen LogP contribution in [0.5, 0.6) is 5.88 Å². The molecule has 0 radical (unpaired) electrons. The summed E-state index contributed by atoms with van der Waals surface area (Å²) in [5, 5.41) is 4.49. The second-order valence-corrected chi connectivity index (χ2v) is 10.2. The van der Waals surface area contributed by atoms with E-state index in [1.807, 2.05) is 10.2 Å². The van der Waals surface area contributed by atoms with Gasteiger partial charge >= 0.3 is 12.2 Å². The number of piperidine rings is 1. The van der Waals surface area contributed by atoms with Gasteiger partial charge in [-0.15, -0.1) is 0 Å². The summed E-state index contributed by atoms with van der Waals surface area (Å²) in [4.78, 5) is 45.9. The van der Waals surface area contributed by atoms with Crippen LogP contribution in [0.4, 0.5) is 35.4 Å². The van der Waals surface area contributed by atoms with Gasteiger partial charge in [0.2, 0.25) is 17.7 Å². The van der Waals surface area contributed by atoms with Crippen LogP contribution in [0.1, 0.15) is 44.2 Å². The molecule has 5 rings (SSSR count). The molecule has 13 nitrogen and oxygen atoms in total. The first kappa shape index (κ1) is 27.8. The third kappa shape index (κ3) is 6.01. The van der Waals surface area contributed by atoms with Crippen LogP contribution in [0.15, 0.2) is 18.5 Å². The van der Waals surface area contributed by atoms with Gasteiger partial charge in [0.25, 0.3) is 5.91 Å². The average molecular weight is 567 g/mol. The van der Waals surface area contributed by atoms with Crippen molar-refractivity contribution in [1.82, 2.24) is 25.3 Å². The standard InChI is InChI=1S/C24H29F3N8O5/c1-13(24(25,26)27)30-20(36)18-29-9-16-19(32-18)35(14-5-4-8-34(16)10-14)22(37)33-21-28-7-6-17(31-21)38-11-15-12-39-23(2,3)40-15/h6-7,9,13-15H,4-5,8,10-12H2,1-3H3,(H,30,36)(H,28,31,33,37)/t13?,14-,15+/m0/s1. The minimum Gasteiger partial charge on any atom is -0.475 e. The zero-order valence-corrected chi connectivity index (χ0v) is 22.1. The molecule has 16 heteroatoms. The lowest BCUT2D eigenvalue weighted by Crippen LogP contribution is -2.56. The van der Waals surface area contributed by atoms with Gasteiger partial charge in [0.15, 0.2) is 11.6 Å². The van der Waals surface area contributed by atoms with Gasteiger partial charge in [0.05, 0.1) is 24.5 Å². The fraction of sp³-hybridized carbons (Fsp3) is 0.583. The number of urea groups is 1. The molecule has 2 fully saturated rings. The van der Waals surface area contributed by atoms with Gasteiger partial charge in [0, 0.05) is 25.4 Å². The molecule has 3 amide bonds. The normalized spacial score (nSPS) is 22.4. The van der Waals surface area contributed by atoms with Gasteiger partial charge < -0.3 is 24.4 Å². The quantitative estimate of drug-likeness (QED) is 0.535. The van der Waals surface area contributed by atoms with E-state index in [1.54, 1.807) is 13.8 Å². The molecule has 0 aromatic carbocycles. The van der Waals surface area contributed by atoms with Crippen LogP contribution in [0.3, 0.4) is 0 Å². The first-order valence-corrected chi connectivity index (χ1v) is 12.8. The highest BCUT2D eigenvalue weighted by molar-refractivity contribution is 6.04. The number of carbonyl (C=O) groups excluding carboxylic acids is 2. The molecular formula is C24H29F3N8O5. The van der Waals surface area contributed by atoms with Gasteiger partial charge in [-0.3, -0.25) is 15.0 Å². The van der Waals surface area contributed by atoms with Gasteiger partial charge in [-0.2, -0.15) is 18.2 Å². The number of hydrogen-bond acceptors (Lipinski definition) is 10. The van der Waals surface area contributed by atoms with E-state index in [-0.39, 0.29) is 36.4 Å². The molecule has 3 atom stereocenters. The predicted molar refractivity (Wildman–Crippen MR) is 134 cm³/mol. The maximum atomic E-state index is 13.5. The smallest absolute Gasteiger partial charge is 0.408 e. The number of fused-ring (bicyclic) bond motifs is 4. The Kier molecular flexibility index (Phi) is 7.39. The molecule has 2 aromatic heterocycles. The van der Waals surface area contributed by atoms with Crippen LogP contribution in [0.25, 0.3) is 0 Å². The maximum absolute atomic E-state index is 13.5. The zero-order chi connectivity index (χ0) is 28.7. The number of amides is 3. The third-order valence-electron chi connectivity index (χ3n) is 6.67. The molecular weight excluding hydrogens is 537 g/mol. The van der Waals surface area contributed by atoms with Crippen molar-refractivity contribution in [1.29, 1.82) is 0 Å². The first-order chi connectivity index (χ1) is 18.9. The van der Waals surface area contributed by atoms with Crippen molar-refractivity contribution >= 4 is 29.4 Å². The summed E-state index contributed by atoms with van der Waals surface area (Å²) in [6.07, 6.45) is -0.699. The van der Waals surface area contributed by atoms with E-state index < -0.39 is 35.8 Å². The van der Waals surface area contributed by atoms with Crippen molar-refractivity contribution in [3.63, 3.8) is 0 Å². The molecule has 3 aliphatic rings. The number of ether oxygens (including phenoxy) is 3. The van der Waals surface area contributed by atoms with Crippen LogP contribution in [0.2, 0.25) is 0 Å². The molecule has 40 heavy (non-hydrogen) atoms. The predicted octanol–water partition coefficient (Wildman–Crippen LogP) is 2.50. The SMILES string of the molecule is CC(NC(=O)c1ncc2c(n1)N(C(=O)Nc1nccc(OC[C@@H]3COC(C)(C)O3)n1)[C@H]1CCCN2C1)C(F)(F)F. The molecule has 216 valence electrons. The Balaban J connectivity index is 1.33. The summed E-state index contributed by atoms with van der Waals surface area (Å²) in [5.74, 6) is -1.99. The van der Waals surface area contributed by atoms with Gasteiger partial charge in [-0.25, -0.2) is 19.7 Å². The van der Waals surface area contributed by atoms with Crippen molar-refractivity contribution in [3.05, 3.63) is 24.3 Å². The second-order valence-electron chi connectivity index (χ2n) is 10.2. The van der Waals surface area contributed by atoms with Gasteiger partial charge in [0.1, 0.15) is 18.8 Å². The molecule has 5 heterocycles. The lowest BCUT2D eigenvalue weighted by atomic mass is 10.0. The Morgan fingerprint density at radius 3 is 2.80 bits per heavy atom. The van der Waals surface area contributed by atoms with E-state index in [0.717, 1.165) is 13.3 Å². The number of aromatic nitrogens is 4. The molecule has 2 saturated heterocycles. The summed E-state index contributed by atoms with van der Waals surface area (Å²) in [5.41, 5.74) is 0.492. The molecule has 2 bridgehead atoms. The van der Waals surface area contributed by atoms with Crippen molar-refractivity contribution < 1.29 is 37.0 Å². The van der Waals surface area contributed by atoms with Gasteiger partial charge in [-0.05, 0) is 33.6 Å². The van der Waals surface area contributed by atoms with E-state index >= 15 is 0 Å². The Morgan fingerprint density at radius 2 is 2.08 bits per heavy atom. The Morgan fingerprint density at radius 1 is 1.27 bits per heavy atom. The minimum atomic E-state index is -4.63. The number of hydrogen-bond donors (Lipinski definition) is 2. The number of nitrogens with one attached hydrogen (secondary N) is 2. The second kappa shape index (κ2) is 10.6. The lowest BCUT2D eigenvalue weighted by molar-refractivity contribution is -0.149. The van der Waals surface area contributed by atoms with Crippen LogP contribution in [-0.2, 0) is 9.47 Å². The van der Waals surface area contributed by atoms with E-state index in [4.69, 9.17) is 14.2 Å². The number of anilines is 3. The van der Waals surface area contributed by atoms with Crippen LogP contribution < -0.4 is 25.2 Å². The van der Waals surface area contributed by atoms with Crippen molar-refractivity contribution in [2.24, 2.45) is 0 Å². The molecule has 0 saturated carbocycles. The monoisotopic (exact) mass is 566 g/mol. The number of rotatable bonds is 6. The molecule has 0 spiro atoms. The highest BCUT2D eigenvalue weighted by Crippen LogP contribution is 2.37. The van der Waals surface area contributed by atoms with E-state index in [2.05, 4.69) is 25.3 Å². The maximum Gasteiger partial charge on any atom is 0.408 e. The zero-order valence-electron chi connectivity index (χ0n) is 22.1. The van der Waals surface area contributed by atoms with Crippen LogP contribution in [0, 0.1) is 0 Å². The van der Waals surface area contributed by atoms with Crippen molar-refractivity contribution in [2.45, 2.75) is 63.8 Å². The van der Waals surface area contributed by atoms with E-state index in [0.29, 0.717) is 31.8 Å². The molecule has 2 N–H and O–H groups in total. The number of alkyl halides is 3. The summed E-state index contributed by atoms with van der Waals surface area (Å²) in [6, 6.07) is -1.49. The minimum absolute atomic E-state index is 0.0303. The lowest BCUT2D eigenvalue weighted by Gasteiger charge is -2.45. The molecule has 3 aliphatic heterocycles.